The Balaban J connectivity index is 0.000000710. The molecule has 1 aliphatic heterocycles. The number of ether oxygens (including phenoxy) is 1. The molecule has 10 heteroatoms. The first-order valence-electron chi connectivity index (χ1n) is 16.2. The first-order valence-corrected chi connectivity index (χ1v) is 19.9. The lowest BCUT2D eigenvalue weighted by Crippen LogP contribution is -2.50. The fraction of sp³-hybridized carbons (Fsp3) is 0.410. The standard InChI is InChI=1S/C32H45Cl2FN3OS2.C7H7F/c1-22(32(3,4)24-11-12-28(33)31(17-24)39-8)20-36-23(2)40-21-27-29(34)18-26(19-30(27)35)41(9,10)37-15-13-25(14-16-37)38(5,6)7;1-6-2-4-7(8)5-3-6/h11-12,17-20,25H,9-10,13-16,21H2,1-8H3;2-5H,1H3/q+1;/b22-20+,36-23?;. The van der Waals surface area contributed by atoms with E-state index in [1.54, 1.807) is 25.3 Å². The molecule has 49 heavy (non-hydrogen) atoms. The first kappa shape index (κ1) is 41.1. The second-order valence-electron chi connectivity index (χ2n) is 14.0. The molecule has 0 radical (unpaired) electrons. The maximum absolute atomic E-state index is 15.4. The number of quaternary nitrogens is 1. The van der Waals surface area contributed by atoms with Crippen LogP contribution in [0, 0.1) is 18.6 Å². The van der Waals surface area contributed by atoms with E-state index in [4.69, 9.17) is 27.9 Å². The Kier molecular flexibility index (Phi) is 14.5. The van der Waals surface area contributed by atoms with Gasteiger partial charge in [0.1, 0.15) is 17.4 Å². The summed E-state index contributed by atoms with van der Waals surface area (Å²) in [6, 6.07) is 16.3. The van der Waals surface area contributed by atoms with Crippen molar-refractivity contribution in [3.63, 3.8) is 0 Å². The zero-order valence-electron chi connectivity index (χ0n) is 30.4. The summed E-state index contributed by atoms with van der Waals surface area (Å²) in [5, 5.41) is 1.81. The second-order valence-corrected chi connectivity index (χ2v) is 18.7. The zero-order valence-corrected chi connectivity index (χ0v) is 33.5. The van der Waals surface area contributed by atoms with Crippen molar-refractivity contribution >= 4 is 61.1 Å². The smallest absolute Gasteiger partial charge is 0.137 e. The summed E-state index contributed by atoms with van der Waals surface area (Å²) in [4.78, 5) is 5.44. The topological polar surface area (TPSA) is 24.8 Å². The molecule has 1 aliphatic rings. The highest BCUT2D eigenvalue weighted by molar-refractivity contribution is 8.25. The van der Waals surface area contributed by atoms with E-state index in [-0.39, 0.29) is 17.0 Å². The lowest BCUT2D eigenvalue weighted by atomic mass is 9.78. The van der Waals surface area contributed by atoms with Gasteiger partial charge in [-0.2, -0.15) is 0 Å². The molecule has 0 saturated carbocycles. The van der Waals surface area contributed by atoms with E-state index in [0.29, 0.717) is 33.2 Å². The summed E-state index contributed by atoms with van der Waals surface area (Å²) in [5.74, 6) is 9.46. The monoisotopic (exact) mass is 750 g/mol. The van der Waals surface area contributed by atoms with Crippen LogP contribution in [-0.4, -0.2) is 73.0 Å². The molecule has 0 amide bonds. The summed E-state index contributed by atoms with van der Waals surface area (Å²) >= 11 is 14.3. The van der Waals surface area contributed by atoms with Crippen LogP contribution in [0.5, 0.6) is 5.75 Å². The fourth-order valence-electron chi connectivity index (χ4n) is 5.42. The number of rotatable bonds is 9. The van der Waals surface area contributed by atoms with Gasteiger partial charge < -0.3 is 9.22 Å². The van der Waals surface area contributed by atoms with Crippen molar-refractivity contribution in [1.82, 2.24) is 4.31 Å². The number of thioether (sulfide) groups is 1. The molecule has 3 aromatic rings. The van der Waals surface area contributed by atoms with Crippen molar-refractivity contribution in [1.29, 1.82) is 0 Å². The van der Waals surface area contributed by atoms with Gasteiger partial charge in [-0.05, 0) is 68.3 Å². The van der Waals surface area contributed by atoms with Crippen LogP contribution in [0.4, 0.5) is 8.78 Å². The molecule has 1 saturated heterocycles. The first-order chi connectivity index (χ1) is 22.8. The average Bonchev–Trinajstić information content (AvgIpc) is 3.04. The number of hydrogen-bond donors (Lipinski definition) is 0. The highest BCUT2D eigenvalue weighted by atomic mass is 35.5. The SMILES string of the molecule is C=S(=C)(c1cc(F)c(CSC(C)=N/C=C(\C)C(C)(C)c2ccc(Cl)c(OC)c2)c(Cl)c1)N1CCC([N+](C)(C)C)CC1.Cc1ccc(F)cc1. The van der Waals surface area contributed by atoms with Crippen LogP contribution >= 0.6 is 44.4 Å². The Morgan fingerprint density at radius 1 is 1.02 bits per heavy atom. The summed E-state index contributed by atoms with van der Waals surface area (Å²) in [6.07, 6.45) is 4.02. The normalized spacial score (nSPS) is 15.5. The fourth-order valence-corrected chi connectivity index (χ4v) is 8.68. The maximum Gasteiger partial charge on any atom is 0.137 e. The molecule has 0 unspecified atom stereocenters. The Morgan fingerprint density at radius 3 is 2.16 bits per heavy atom. The van der Waals surface area contributed by atoms with Crippen molar-refractivity contribution in [2.45, 2.75) is 69.6 Å². The average molecular weight is 752 g/mol. The van der Waals surface area contributed by atoms with E-state index >= 15 is 4.39 Å². The quantitative estimate of drug-likeness (QED) is 0.0942. The molecule has 3 aromatic carbocycles. The van der Waals surface area contributed by atoms with Gasteiger partial charge in [0, 0.05) is 58.8 Å². The predicted octanol–water partition coefficient (Wildman–Crippen LogP) is 10.9. The van der Waals surface area contributed by atoms with E-state index in [2.05, 4.69) is 63.0 Å². The van der Waals surface area contributed by atoms with Crippen LogP contribution in [-0.2, 0) is 11.2 Å². The molecule has 268 valence electrons. The van der Waals surface area contributed by atoms with Gasteiger partial charge in [0.25, 0.3) is 0 Å². The molecular formula is C39H52Cl2F2N3OS2+. The Bertz CT molecular complexity index is 1710. The van der Waals surface area contributed by atoms with Crippen LogP contribution in [0.2, 0.25) is 10.0 Å². The van der Waals surface area contributed by atoms with Gasteiger partial charge in [-0.3, -0.25) is 9.30 Å². The number of hydrogen-bond acceptors (Lipinski definition) is 4. The van der Waals surface area contributed by atoms with Gasteiger partial charge >= 0.3 is 0 Å². The summed E-state index contributed by atoms with van der Waals surface area (Å²) < 4.78 is 36.1. The molecule has 0 aromatic heterocycles. The molecule has 0 spiro atoms. The van der Waals surface area contributed by atoms with Crippen molar-refractivity contribution in [3.05, 3.63) is 105 Å². The summed E-state index contributed by atoms with van der Waals surface area (Å²) in [5.41, 5.74) is 3.44. The van der Waals surface area contributed by atoms with Gasteiger partial charge in [-0.25, -0.2) is 8.78 Å². The third-order valence-electron chi connectivity index (χ3n) is 9.30. The highest BCUT2D eigenvalue weighted by Gasteiger charge is 2.31. The molecule has 1 heterocycles. The number of aryl methyl sites for hydroxylation is 1. The van der Waals surface area contributed by atoms with Crippen LogP contribution in [0.25, 0.3) is 0 Å². The van der Waals surface area contributed by atoms with Crippen molar-refractivity contribution < 1.29 is 18.0 Å². The number of benzene rings is 3. The summed E-state index contributed by atoms with van der Waals surface area (Å²) in [7, 11) is 6.50. The predicted molar refractivity (Wildman–Crippen MR) is 214 cm³/mol. The van der Waals surface area contributed by atoms with Crippen LogP contribution in [0.3, 0.4) is 0 Å². The lowest BCUT2D eigenvalue weighted by Gasteiger charge is -2.42. The van der Waals surface area contributed by atoms with Gasteiger partial charge in [0.05, 0.1) is 44.4 Å². The second kappa shape index (κ2) is 17.3. The molecule has 4 rings (SSSR count). The van der Waals surface area contributed by atoms with E-state index in [1.165, 1.54) is 23.9 Å². The Hall–Kier alpha value is -2.33. The van der Waals surface area contributed by atoms with Crippen LogP contribution < -0.4 is 4.74 Å². The number of nitrogens with zero attached hydrogens (tertiary/aromatic N) is 3. The van der Waals surface area contributed by atoms with E-state index in [9.17, 15) is 4.39 Å². The number of piperidine rings is 1. The highest BCUT2D eigenvalue weighted by Crippen LogP contribution is 2.42. The van der Waals surface area contributed by atoms with Crippen LogP contribution in [0.15, 0.2) is 76.3 Å². The lowest BCUT2D eigenvalue weighted by molar-refractivity contribution is -0.897. The van der Waals surface area contributed by atoms with E-state index < -0.39 is 9.39 Å². The van der Waals surface area contributed by atoms with Gasteiger partial charge in [0.2, 0.25) is 0 Å². The van der Waals surface area contributed by atoms with Crippen molar-refractivity contribution in [3.8, 4) is 5.75 Å². The number of allylic oxidation sites excluding steroid dienone is 1. The molecule has 4 nitrogen and oxygen atoms in total. The van der Waals surface area contributed by atoms with Crippen molar-refractivity contribution in [2.24, 2.45) is 4.99 Å². The third-order valence-corrected chi connectivity index (χ3v) is 13.4. The maximum atomic E-state index is 15.4. The van der Waals surface area contributed by atoms with Crippen LogP contribution in [0.1, 0.15) is 57.2 Å². The minimum Gasteiger partial charge on any atom is -0.495 e. The molecule has 0 aliphatic carbocycles. The van der Waals surface area contributed by atoms with E-state index in [1.807, 2.05) is 44.3 Å². The summed E-state index contributed by atoms with van der Waals surface area (Å²) in [6.45, 7) is 12.0. The molecule has 1 fully saturated rings. The minimum atomic E-state index is -1.84. The Morgan fingerprint density at radius 2 is 1.63 bits per heavy atom. The van der Waals surface area contributed by atoms with Gasteiger partial charge in [0.15, 0.2) is 0 Å². The van der Waals surface area contributed by atoms with Crippen molar-refractivity contribution in [2.75, 3.05) is 41.3 Å². The number of halogens is 4. The minimum absolute atomic E-state index is 0.171. The largest absolute Gasteiger partial charge is 0.495 e. The number of aliphatic imine (C=N–C) groups is 1. The van der Waals surface area contributed by atoms with E-state index in [0.717, 1.165) is 57.1 Å². The van der Waals surface area contributed by atoms with Gasteiger partial charge in [-0.15, -0.1) is 21.2 Å². The molecule has 0 bridgehead atoms. The zero-order chi connectivity index (χ0) is 36.7. The van der Waals surface area contributed by atoms with Gasteiger partial charge in [-0.1, -0.05) is 72.6 Å². The molecule has 0 atom stereocenters. The molecular weight excluding hydrogens is 699 g/mol. The Labute approximate surface area is 308 Å². The molecule has 0 N–H and O–H groups in total. The number of methoxy groups -OCH3 is 1. The third kappa shape index (κ3) is 11.1.